The Morgan fingerprint density at radius 2 is 2.30 bits per heavy atom. The summed E-state index contributed by atoms with van der Waals surface area (Å²) in [6.45, 7) is 7.82. The standard InChI is InChI=1S/C18H28FN3O/c1-4-21(3)12-16-8-9-22(13-16)18(23)20-14(2)10-15-6-5-7-17(19)11-15/h5-7,11,14,16H,4,8-10,12-13H2,1-3H3,(H,20,23)/t14-,16+/m1/s1. The number of urea groups is 1. The predicted molar refractivity (Wildman–Crippen MR) is 90.9 cm³/mol. The molecule has 1 saturated heterocycles. The van der Waals surface area contributed by atoms with Crippen LogP contribution in [0.4, 0.5) is 9.18 Å². The predicted octanol–water partition coefficient (Wildman–Crippen LogP) is 2.74. The summed E-state index contributed by atoms with van der Waals surface area (Å²) in [4.78, 5) is 16.5. The average molecular weight is 321 g/mol. The number of nitrogens with one attached hydrogen (secondary N) is 1. The van der Waals surface area contributed by atoms with Crippen LogP contribution in [0.15, 0.2) is 24.3 Å². The summed E-state index contributed by atoms with van der Waals surface area (Å²) in [6.07, 6.45) is 1.70. The van der Waals surface area contributed by atoms with Crippen LogP contribution in [0.3, 0.4) is 0 Å². The Labute approximate surface area is 138 Å². The maximum atomic E-state index is 13.2. The number of carbonyl (C=O) groups is 1. The molecule has 1 heterocycles. The number of hydrogen-bond donors (Lipinski definition) is 1. The monoisotopic (exact) mass is 321 g/mol. The SMILES string of the molecule is CCN(C)C[C@@H]1CCN(C(=O)N[C@H](C)Cc2cccc(F)c2)C1. The van der Waals surface area contributed by atoms with Crippen LogP contribution in [0, 0.1) is 11.7 Å². The zero-order chi connectivity index (χ0) is 16.8. The molecule has 23 heavy (non-hydrogen) atoms. The molecule has 2 amide bonds. The molecule has 1 aromatic carbocycles. The molecule has 1 aliphatic rings. The Morgan fingerprint density at radius 3 is 3.00 bits per heavy atom. The summed E-state index contributed by atoms with van der Waals surface area (Å²) >= 11 is 0. The van der Waals surface area contributed by atoms with Gasteiger partial charge in [0, 0.05) is 25.7 Å². The minimum Gasteiger partial charge on any atom is -0.335 e. The van der Waals surface area contributed by atoms with Gasteiger partial charge in [-0.05, 0) is 57.0 Å². The van der Waals surface area contributed by atoms with Gasteiger partial charge in [-0.1, -0.05) is 19.1 Å². The third kappa shape index (κ3) is 5.50. The average Bonchev–Trinajstić information content (AvgIpc) is 2.95. The number of halogens is 1. The molecule has 1 N–H and O–H groups in total. The number of likely N-dealkylation sites (tertiary alicyclic amines) is 1. The van der Waals surface area contributed by atoms with Crippen molar-refractivity contribution >= 4 is 6.03 Å². The summed E-state index contributed by atoms with van der Waals surface area (Å²) in [7, 11) is 2.11. The molecular formula is C18H28FN3O. The Balaban J connectivity index is 1.78. The van der Waals surface area contributed by atoms with Crippen molar-refractivity contribution in [3.63, 3.8) is 0 Å². The zero-order valence-electron chi connectivity index (χ0n) is 14.4. The lowest BCUT2D eigenvalue weighted by molar-refractivity contribution is 0.201. The Bertz CT molecular complexity index is 523. The second kappa shape index (κ2) is 8.29. The zero-order valence-corrected chi connectivity index (χ0v) is 14.4. The van der Waals surface area contributed by atoms with Crippen molar-refractivity contribution in [1.29, 1.82) is 0 Å². The van der Waals surface area contributed by atoms with Gasteiger partial charge in [-0.15, -0.1) is 0 Å². The molecule has 0 saturated carbocycles. The van der Waals surface area contributed by atoms with Crippen molar-refractivity contribution in [2.24, 2.45) is 5.92 Å². The fourth-order valence-corrected chi connectivity index (χ4v) is 3.11. The van der Waals surface area contributed by atoms with Gasteiger partial charge in [0.1, 0.15) is 5.82 Å². The molecule has 0 aliphatic carbocycles. The molecule has 0 unspecified atom stereocenters. The molecule has 5 heteroatoms. The van der Waals surface area contributed by atoms with E-state index in [-0.39, 0.29) is 17.9 Å². The van der Waals surface area contributed by atoms with E-state index in [0.29, 0.717) is 12.3 Å². The molecule has 2 atom stereocenters. The number of benzene rings is 1. The van der Waals surface area contributed by atoms with E-state index in [4.69, 9.17) is 0 Å². The highest BCUT2D eigenvalue weighted by Crippen LogP contribution is 2.17. The summed E-state index contributed by atoms with van der Waals surface area (Å²) in [5.41, 5.74) is 0.904. The quantitative estimate of drug-likeness (QED) is 0.874. The maximum absolute atomic E-state index is 13.2. The number of amides is 2. The largest absolute Gasteiger partial charge is 0.335 e. The highest BCUT2D eigenvalue weighted by Gasteiger charge is 2.27. The van der Waals surface area contributed by atoms with E-state index in [1.54, 1.807) is 6.07 Å². The Kier molecular flexibility index (Phi) is 6.39. The number of carbonyl (C=O) groups excluding carboxylic acids is 1. The highest BCUT2D eigenvalue weighted by atomic mass is 19.1. The second-order valence-electron chi connectivity index (χ2n) is 6.64. The van der Waals surface area contributed by atoms with Crippen molar-refractivity contribution in [2.45, 2.75) is 32.7 Å². The minimum absolute atomic E-state index is 0.00412. The lowest BCUT2D eigenvalue weighted by atomic mass is 10.1. The van der Waals surface area contributed by atoms with Gasteiger partial charge in [-0.2, -0.15) is 0 Å². The third-order valence-electron chi connectivity index (χ3n) is 4.48. The maximum Gasteiger partial charge on any atom is 0.317 e. The van der Waals surface area contributed by atoms with Gasteiger partial charge in [0.05, 0.1) is 0 Å². The van der Waals surface area contributed by atoms with Gasteiger partial charge >= 0.3 is 6.03 Å². The first-order valence-electron chi connectivity index (χ1n) is 8.46. The number of nitrogens with zero attached hydrogens (tertiary/aromatic N) is 2. The first-order chi connectivity index (χ1) is 11.0. The van der Waals surface area contributed by atoms with Crippen LogP contribution in [0.5, 0.6) is 0 Å². The normalized spacial score (nSPS) is 19.2. The van der Waals surface area contributed by atoms with E-state index < -0.39 is 0 Å². The molecule has 0 bridgehead atoms. The lowest BCUT2D eigenvalue weighted by Crippen LogP contribution is -2.43. The van der Waals surface area contributed by atoms with Gasteiger partial charge in [0.25, 0.3) is 0 Å². The number of hydrogen-bond acceptors (Lipinski definition) is 2. The van der Waals surface area contributed by atoms with Crippen LogP contribution >= 0.6 is 0 Å². The summed E-state index contributed by atoms with van der Waals surface area (Å²) in [5.74, 6) is 0.327. The molecule has 2 rings (SSSR count). The second-order valence-corrected chi connectivity index (χ2v) is 6.64. The Hall–Kier alpha value is -1.62. The van der Waals surface area contributed by atoms with Crippen LogP contribution in [0.25, 0.3) is 0 Å². The van der Waals surface area contributed by atoms with Gasteiger partial charge in [-0.3, -0.25) is 0 Å². The molecule has 0 spiro atoms. The molecule has 0 aromatic heterocycles. The van der Waals surface area contributed by atoms with Crippen LogP contribution < -0.4 is 5.32 Å². The van der Waals surface area contributed by atoms with Crippen LogP contribution in [0.2, 0.25) is 0 Å². The van der Waals surface area contributed by atoms with Crippen molar-refractivity contribution in [3.8, 4) is 0 Å². The molecule has 128 valence electrons. The molecule has 1 aliphatic heterocycles. The van der Waals surface area contributed by atoms with E-state index in [1.165, 1.54) is 12.1 Å². The van der Waals surface area contributed by atoms with E-state index in [1.807, 2.05) is 17.9 Å². The third-order valence-corrected chi connectivity index (χ3v) is 4.48. The fraction of sp³-hybridized carbons (Fsp3) is 0.611. The van der Waals surface area contributed by atoms with Crippen molar-refractivity contribution in [1.82, 2.24) is 15.1 Å². The van der Waals surface area contributed by atoms with Crippen molar-refractivity contribution < 1.29 is 9.18 Å². The summed E-state index contributed by atoms with van der Waals surface area (Å²) in [5, 5.41) is 3.03. The summed E-state index contributed by atoms with van der Waals surface area (Å²) in [6, 6.07) is 6.53. The molecule has 4 nitrogen and oxygen atoms in total. The van der Waals surface area contributed by atoms with Gasteiger partial charge in [-0.25, -0.2) is 9.18 Å². The van der Waals surface area contributed by atoms with E-state index in [2.05, 4.69) is 24.2 Å². The first kappa shape index (κ1) is 17.7. The van der Waals surface area contributed by atoms with Crippen LogP contribution in [-0.2, 0) is 6.42 Å². The smallest absolute Gasteiger partial charge is 0.317 e. The van der Waals surface area contributed by atoms with Gasteiger partial charge in [0.2, 0.25) is 0 Å². The van der Waals surface area contributed by atoms with Crippen LogP contribution in [0.1, 0.15) is 25.8 Å². The van der Waals surface area contributed by atoms with Gasteiger partial charge < -0.3 is 15.1 Å². The molecule has 1 fully saturated rings. The minimum atomic E-state index is -0.233. The number of rotatable bonds is 6. The molecule has 0 radical (unpaired) electrons. The topological polar surface area (TPSA) is 35.6 Å². The van der Waals surface area contributed by atoms with Crippen molar-refractivity contribution in [3.05, 3.63) is 35.6 Å². The summed E-state index contributed by atoms with van der Waals surface area (Å²) < 4.78 is 13.2. The van der Waals surface area contributed by atoms with Crippen LogP contribution in [-0.4, -0.2) is 55.1 Å². The van der Waals surface area contributed by atoms with E-state index >= 15 is 0 Å². The van der Waals surface area contributed by atoms with E-state index in [0.717, 1.165) is 38.2 Å². The van der Waals surface area contributed by atoms with Gasteiger partial charge in [0.15, 0.2) is 0 Å². The highest BCUT2D eigenvalue weighted by molar-refractivity contribution is 5.74. The molecule has 1 aromatic rings. The van der Waals surface area contributed by atoms with Crippen molar-refractivity contribution in [2.75, 3.05) is 33.2 Å². The van der Waals surface area contributed by atoms with E-state index in [9.17, 15) is 9.18 Å². The Morgan fingerprint density at radius 1 is 1.52 bits per heavy atom. The molecular weight excluding hydrogens is 293 g/mol. The lowest BCUT2D eigenvalue weighted by Gasteiger charge is -2.22. The fourth-order valence-electron chi connectivity index (χ4n) is 3.11. The first-order valence-corrected chi connectivity index (χ1v) is 8.46.